The van der Waals surface area contributed by atoms with Crippen molar-refractivity contribution in [1.29, 1.82) is 0 Å². The lowest BCUT2D eigenvalue weighted by Gasteiger charge is -2.06. The molecule has 3 nitrogen and oxygen atoms in total. The van der Waals surface area contributed by atoms with Gasteiger partial charge in [0, 0.05) is 23.7 Å². The minimum Gasteiger partial charge on any atom is -0.306 e. The zero-order chi connectivity index (χ0) is 13.0. The van der Waals surface area contributed by atoms with Crippen LogP contribution >= 0.6 is 23.4 Å². The maximum Gasteiger partial charge on any atom is 0.191 e. The molecule has 0 saturated carbocycles. The number of hydrogen-bond donors (Lipinski definition) is 0. The quantitative estimate of drug-likeness (QED) is 0.781. The maximum atomic E-state index is 5.97. The van der Waals surface area contributed by atoms with Crippen molar-refractivity contribution in [3.8, 4) is 0 Å². The second kappa shape index (κ2) is 6.25. The van der Waals surface area contributed by atoms with E-state index in [4.69, 9.17) is 11.6 Å². The molecular weight excluding hydrogens is 266 g/mol. The summed E-state index contributed by atoms with van der Waals surface area (Å²) >= 11 is 7.67. The molecule has 1 heterocycles. The molecule has 18 heavy (non-hydrogen) atoms. The molecule has 2 rings (SSSR count). The van der Waals surface area contributed by atoms with Crippen molar-refractivity contribution in [1.82, 2.24) is 14.8 Å². The van der Waals surface area contributed by atoms with Crippen LogP contribution in [0.3, 0.4) is 0 Å². The van der Waals surface area contributed by atoms with Gasteiger partial charge in [-0.05, 0) is 24.6 Å². The molecule has 0 radical (unpaired) electrons. The van der Waals surface area contributed by atoms with E-state index in [1.807, 2.05) is 18.2 Å². The van der Waals surface area contributed by atoms with E-state index in [0.29, 0.717) is 0 Å². The highest BCUT2D eigenvalue weighted by atomic mass is 35.5. The Morgan fingerprint density at radius 3 is 2.78 bits per heavy atom. The number of hydrogen-bond acceptors (Lipinski definition) is 3. The molecule has 2 aromatic rings. The average Bonchev–Trinajstić information content (AvgIpc) is 2.78. The number of benzene rings is 1. The number of aryl methyl sites for hydroxylation is 1. The summed E-state index contributed by atoms with van der Waals surface area (Å²) in [5.41, 5.74) is 1.20. The summed E-state index contributed by atoms with van der Waals surface area (Å²) < 4.78 is 2.16. The molecule has 0 amide bonds. The largest absolute Gasteiger partial charge is 0.306 e. The van der Waals surface area contributed by atoms with Gasteiger partial charge in [-0.2, -0.15) is 0 Å². The Hall–Kier alpha value is -1.00. The van der Waals surface area contributed by atoms with Gasteiger partial charge in [0.2, 0.25) is 0 Å². The van der Waals surface area contributed by atoms with Crippen molar-refractivity contribution >= 4 is 23.4 Å². The van der Waals surface area contributed by atoms with Gasteiger partial charge in [0.15, 0.2) is 5.16 Å². The average molecular weight is 282 g/mol. The van der Waals surface area contributed by atoms with Gasteiger partial charge in [0.25, 0.3) is 0 Å². The molecule has 0 unspecified atom stereocenters. The summed E-state index contributed by atoms with van der Waals surface area (Å²) in [7, 11) is 0. The Balaban J connectivity index is 2.08. The first-order valence-electron chi connectivity index (χ1n) is 6.04. The topological polar surface area (TPSA) is 30.7 Å². The molecule has 0 spiro atoms. The Morgan fingerprint density at radius 1 is 1.28 bits per heavy atom. The smallest absolute Gasteiger partial charge is 0.191 e. The van der Waals surface area contributed by atoms with Gasteiger partial charge in [-0.3, -0.25) is 0 Å². The van der Waals surface area contributed by atoms with Crippen LogP contribution in [0.5, 0.6) is 0 Å². The van der Waals surface area contributed by atoms with Crippen LogP contribution in [-0.2, 0) is 18.7 Å². The summed E-state index contributed by atoms with van der Waals surface area (Å²) in [6.45, 7) is 5.13. The van der Waals surface area contributed by atoms with Gasteiger partial charge in [-0.1, -0.05) is 42.4 Å². The fourth-order valence-corrected chi connectivity index (χ4v) is 2.96. The van der Waals surface area contributed by atoms with Gasteiger partial charge < -0.3 is 4.57 Å². The molecule has 96 valence electrons. The predicted molar refractivity (Wildman–Crippen MR) is 76.1 cm³/mol. The summed E-state index contributed by atoms with van der Waals surface area (Å²) in [5.74, 6) is 1.91. The van der Waals surface area contributed by atoms with E-state index in [9.17, 15) is 0 Å². The van der Waals surface area contributed by atoms with Crippen LogP contribution in [0.1, 0.15) is 25.2 Å². The molecule has 0 saturated heterocycles. The van der Waals surface area contributed by atoms with Gasteiger partial charge in [0.1, 0.15) is 5.82 Å². The molecule has 0 N–H and O–H groups in total. The third-order valence-corrected chi connectivity index (χ3v) is 3.96. The lowest BCUT2D eigenvalue weighted by Crippen LogP contribution is -2.01. The highest BCUT2D eigenvalue weighted by Crippen LogP contribution is 2.23. The lowest BCUT2D eigenvalue weighted by molar-refractivity contribution is 0.647. The van der Waals surface area contributed by atoms with E-state index < -0.39 is 0 Å². The third-order valence-electron chi connectivity index (χ3n) is 2.68. The van der Waals surface area contributed by atoms with Crippen LogP contribution in [-0.4, -0.2) is 14.8 Å². The van der Waals surface area contributed by atoms with Gasteiger partial charge in [0.05, 0.1) is 0 Å². The van der Waals surface area contributed by atoms with Crippen molar-refractivity contribution < 1.29 is 0 Å². The highest BCUT2D eigenvalue weighted by molar-refractivity contribution is 7.98. The SMILES string of the molecule is CCc1nnc(SCc2cccc(Cl)c2)n1CC. The fourth-order valence-electron chi connectivity index (χ4n) is 1.78. The molecule has 0 fully saturated rings. The Bertz CT molecular complexity index is 525. The first-order valence-corrected chi connectivity index (χ1v) is 7.40. The summed E-state index contributed by atoms with van der Waals surface area (Å²) in [5, 5.41) is 10.2. The normalized spacial score (nSPS) is 10.8. The van der Waals surface area contributed by atoms with Gasteiger partial charge in [-0.25, -0.2) is 0 Å². The minimum absolute atomic E-state index is 0.777. The van der Waals surface area contributed by atoms with Crippen molar-refractivity contribution in [3.05, 3.63) is 40.7 Å². The van der Waals surface area contributed by atoms with E-state index in [1.165, 1.54) is 5.56 Å². The molecule has 5 heteroatoms. The summed E-state index contributed by atoms with van der Waals surface area (Å²) in [6.07, 6.45) is 0.915. The molecular formula is C13H16ClN3S. The standard InChI is InChI=1S/C13H16ClN3S/c1-3-12-15-16-13(17(12)4-2)18-9-10-6-5-7-11(14)8-10/h5-8H,3-4,9H2,1-2H3. The van der Waals surface area contributed by atoms with E-state index >= 15 is 0 Å². The lowest BCUT2D eigenvalue weighted by atomic mass is 10.2. The number of nitrogens with zero attached hydrogens (tertiary/aromatic N) is 3. The molecule has 0 bridgehead atoms. The number of rotatable bonds is 5. The molecule has 0 aliphatic heterocycles. The van der Waals surface area contributed by atoms with E-state index in [2.05, 4.69) is 34.7 Å². The molecule has 0 aliphatic rings. The second-order valence-corrected chi connectivity index (χ2v) is 5.29. The van der Waals surface area contributed by atoms with E-state index in [-0.39, 0.29) is 0 Å². The van der Waals surface area contributed by atoms with Crippen LogP contribution in [0.4, 0.5) is 0 Å². The molecule has 0 atom stereocenters. The number of halogens is 1. The Morgan fingerprint density at radius 2 is 2.11 bits per heavy atom. The van der Waals surface area contributed by atoms with Crippen LogP contribution in [0.25, 0.3) is 0 Å². The maximum absolute atomic E-state index is 5.97. The molecule has 1 aromatic carbocycles. The predicted octanol–water partition coefficient (Wildman–Crippen LogP) is 3.81. The van der Waals surface area contributed by atoms with Gasteiger partial charge in [-0.15, -0.1) is 10.2 Å². The van der Waals surface area contributed by atoms with Crippen molar-refractivity contribution in [3.63, 3.8) is 0 Å². The van der Waals surface area contributed by atoms with Crippen LogP contribution in [0.2, 0.25) is 5.02 Å². The van der Waals surface area contributed by atoms with Crippen molar-refractivity contribution in [2.24, 2.45) is 0 Å². The first kappa shape index (κ1) is 13.4. The van der Waals surface area contributed by atoms with Crippen LogP contribution in [0.15, 0.2) is 29.4 Å². The fraction of sp³-hybridized carbons (Fsp3) is 0.385. The van der Waals surface area contributed by atoms with Crippen LogP contribution in [0, 0.1) is 0 Å². The number of aromatic nitrogens is 3. The monoisotopic (exact) mass is 281 g/mol. The highest BCUT2D eigenvalue weighted by Gasteiger charge is 2.09. The van der Waals surface area contributed by atoms with E-state index in [0.717, 1.165) is 34.7 Å². The first-order chi connectivity index (χ1) is 8.74. The molecule has 1 aromatic heterocycles. The second-order valence-electron chi connectivity index (χ2n) is 3.92. The molecule has 0 aliphatic carbocycles. The van der Waals surface area contributed by atoms with Gasteiger partial charge >= 0.3 is 0 Å². The number of thioether (sulfide) groups is 1. The zero-order valence-electron chi connectivity index (χ0n) is 10.6. The van der Waals surface area contributed by atoms with Crippen molar-refractivity contribution in [2.45, 2.75) is 37.7 Å². The van der Waals surface area contributed by atoms with Crippen LogP contribution < -0.4 is 0 Å². The minimum atomic E-state index is 0.777. The summed E-state index contributed by atoms with van der Waals surface area (Å²) in [6, 6.07) is 7.92. The van der Waals surface area contributed by atoms with E-state index in [1.54, 1.807) is 11.8 Å². The third kappa shape index (κ3) is 3.06. The summed E-state index contributed by atoms with van der Waals surface area (Å²) in [4.78, 5) is 0. The van der Waals surface area contributed by atoms with Crippen molar-refractivity contribution in [2.75, 3.05) is 0 Å². The zero-order valence-corrected chi connectivity index (χ0v) is 12.1. The Kier molecular flexibility index (Phi) is 4.66. The Labute approximate surface area is 117 Å².